The molecule has 0 aromatic rings. The van der Waals surface area contributed by atoms with Crippen LogP contribution in [0.25, 0.3) is 0 Å². The number of fused-ring (bicyclic) bond motifs is 2. The second-order valence-corrected chi connectivity index (χ2v) is 6.00. The fourth-order valence-electron chi connectivity index (χ4n) is 3.63. The predicted octanol–water partition coefficient (Wildman–Crippen LogP) is 1.26. The van der Waals surface area contributed by atoms with Crippen molar-refractivity contribution >= 4 is 5.97 Å². The molecule has 3 atom stereocenters. The second kappa shape index (κ2) is 5.57. The summed E-state index contributed by atoms with van der Waals surface area (Å²) in [5.74, 6) is 1.20. The Kier molecular flexibility index (Phi) is 4.28. The van der Waals surface area contributed by atoms with E-state index < -0.39 is 0 Å². The van der Waals surface area contributed by atoms with Crippen molar-refractivity contribution in [1.82, 2.24) is 10.2 Å². The van der Waals surface area contributed by atoms with Crippen molar-refractivity contribution in [3.05, 3.63) is 0 Å². The Bertz CT molecular complexity index is 306. The molecule has 0 aromatic carbocycles. The zero-order valence-electron chi connectivity index (χ0n) is 11.9. The molecule has 0 spiro atoms. The van der Waals surface area contributed by atoms with E-state index in [4.69, 9.17) is 4.74 Å². The molecule has 0 radical (unpaired) electrons. The number of nitrogens with zero attached hydrogens (tertiary/aromatic N) is 1. The zero-order valence-corrected chi connectivity index (χ0v) is 11.9. The number of likely N-dealkylation sites (N-methyl/N-ethyl adjacent to an activating group) is 1. The van der Waals surface area contributed by atoms with Crippen molar-refractivity contribution in [2.45, 2.75) is 38.1 Å². The second-order valence-electron chi connectivity index (χ2n) is 6.00. The van der Waals surface area contributed by atoms with Gasteiger partial charge in [-0.2, -0.15) is 0 Å². The number of hydrogen-bond donors (Lipinski definition) is 1. The van der Waals surface area contributed by atoms with Crippen LogP contribution in [-0.4, -0.2) is 50.2 Å². The van der Waals surface area contributed by atoms with Crippen LogP contribution in [0, 0.1) is 11.8 Å². The Morgan fingerprint density at radius 1 is 1.44 bits per heavy atom. The number of carbonyl (C=O) groups is 1. The smallest absolute Gasteiger partial charge is 0.326 e. The Balaban J connectivity index is 2.01. The van der Waals surface area contributed by atoms with Crippen LogP contribution >= 0.6 is 0 Å². The van der Waals surface area contributed by atoms with Crippen molar-refractivity contribution in [1.29, 1.82) is 0 Å². The average molecular weight is 254 g/mol. The predicted molar refractivity (Wildman–Crippen MR) is 71.4 cm³/mol. The molecule has 0 saturated heterocycles. The third kappa shape index (κ3) is 2.54. The largest absolute Gasteiger partial charge is 0.465 e. The first-order valence-corrected chi connectivity index (χ1v) is 7.15. The topological polar surface area (TPSA) is 41.6 Å². The minimum absolute atomic E-state index is 0.0176. The lowest BCUT2D eigenvalue weighted by atomic mass is 9.81. The van der Waals surface area contributed by atoms with Gasteiger partial charge in [0.05, 0.1) is 6.61 Å². The molecule has 0 heterocycles. The van der Waals surface area contributed by atoms with E-state index in [2.05, 4.69) is 24.3 Å². The summed E-state index contributed by atoms with van der Waals surface area (Å²) in [6.07, 6.45) is 4.65. The van der Waals surface area contributed by atoms with Crippen LogP contribution in [0.1, 0.15) is 32.6 Å². The van der Waals surface area contributed by atoms with Crippen molar-refractivity contribution in [2.75, 3.05) is 33.8 Å². The van der Waals surface area contributed by atoms with Crippen molar-refractivity contribution in [2.24, 2.45) is 11.8 Å². The molecule has 2 bridgehead atoms. The molecule has 2 rings (SSSR count). The maximum atomic E-state index is 12.3. The van der Waals surface area contributed by atoms with E-state index >= 15 is 0 Å². The standard InChI is InChI=1S/C14H26N2O2/c1-4-18-13(17)14(15-7-8-16(2)3)10-11-5-6-12(14)9-11/h11-12,15H,4-10H2,1-3H3. The number of nitrogens with one attached hydrogen (secondary N) is 1. The first-order valence-electron chi connectivity index (χ1n) is 7.15. The van der Waals surface area contributed by atoms with Crippen LogP contribution in [-0.2, 0) is 9.53 Å². The highest BCUT2D eigenvalue weighted by atomic mass is 16.5. The minimum Gasteiger partial charge on any atom is -0.465 e. The fraction of sp³-hybridized carbons (Fsp3) is 0.929. The normalized spacial score (nSPS) is 34.2. The van der Waals surface area contributed by atoms with Gasteiger partial charge in [0.25, 0.3) is 0 Å². The number of esters is 1. The SMILES string of the molecule is CCOC(=O)C1(NCCN(C)C)CC2CCC1C2. The van der Waals surface area contributed by atoms with Crippen LogP contribution in [0.5, 0.6) is 0 Å². The molecule has 4 heteroatoms. The lowest BCUT2D eigenvalue weighted by Gasteiger charge is -2.36. The fourth-order valence-corrected chi connectivity index (χ4v) is 3.63. The molecule has 2 aliphatic rings. The van der Waals surface area contributed by atoms with Gasteiger partial charge in [0.2, 0.25) is 0 Å². The van der Waals surface area contributed by atoms with Gasteiger partial charge in [-0.15, -0.1) is 0 Å². The van der Waals surface area contributed by atoms with Crippen molar-refractivity contribution in [3.8, 4) is 0 Å². The van der Waals surface area contributed by atoms with Crippen molar-refractivity contribution in [3.63, 3.8) is 0 Å². The van der Waals surface area contributed by atoms with E-state index in [-0.39, 0.29) is 11.5 Å². The molecule has 2 fully saturated rings. The summed E-state index contributed by atoms with van der Waals surface area (Å²) in [5.41, 5.74) is -0.380. The number of rotatable bonds is 6. The van der Waals surface area contributed by atoms with Gasteiger partial charge in [0, 0.05) is 13.1 Å². The molecule has 2 saturated carbocycles. The maximum absolute atomic E-state index is 12.3. The highest BCUT2D eigenvalue weighted by molar-refractivity contribution is 5.82. The van der Waals surface area contributed by atoms with E-state index in [1.807, 2.05) is 6.92 Å². The maximum Gasteiger partial charge on any atom is 0.326 e. The van der Waals surface area contributed by atoms with Gasteiger partial charge in [-0.25, -0.2) is 0 Å². The molecule has 0 aliphatic heterocycles. The monoisotopic (exact) mass is 254 g/mol. The third-order valence-corrected chi connectivity index (χ3v) is 4.49. The van der Waals surface area contributed by atoms with E-state index in [9.17, 15) is 4.79 Å². The van der Waals surface area contributed by atoms with Gasteiger partial charge in [0.15, 0.2) is 0 Å². The summed E-state index contributed by atoms with van der Waals surface area (Å²) in [6.45, 7) is 4.18. The summed E-state index contributed by atoms with van der Waals surface area (Å²) in [4.78, 5) is 14.5. The Labute approximate surface area is 110 Å². The molecule has 1 N–H and O–H groups in total. The first kappa shape index (κ1) is 13.8. The van der Waals surface area contributed by atoms with Crippen molar-refractivity contribution < 1.29 is 9.53 Å². The molecule has 104 valence electrons. The Morgan fingerprint density at radius 2 is 2.22 bits per heavy atom. The average Bonchev–Trinajstić information content (AvgIpc) is 2.89. The van der Waals surface area contributed by atoms with Gasteiger partial charge < -0.3 is 15.0 Å². The highest BCUT2D eigenvalue weighted by Crippen LogP contribution is 2.51. The quantitative estimate of drug-likeness (QED) is 0.725. The van der Waals surface area contributed by atoms with E-state index in [1.165, 1.54) is 19.3 Å². The zero-order chi connectivity index (χ0) is 13.2. The van der Waals surface area contributed by atoms with E-state index in [1.54, 1.807) is 0 Å². The lowest BCUT2D eigenvalue weighted by Crippen LogP contribution is -2.57. The van der Waals surface area contributed by atoms with E-state index in [0.29, 0.717) is 12.5 Å². The summed E-state index contributed by atoms with van der Waals surface area (Å²) in [7, 11) is 4.11. The minimum atomic E-state index is -0.380. The van der Waals surface area contributed by atoms with Gasteiger partial charge in [-0.1, -0.05) is 6.42 Å². The number of hydrogen-bond acceptors (Lipinski definition) is 4. The molecular formula is C14H26N2O2. The third-order valence-electron chi connectivity index (χ3n) is 4.49. The van der Waals surface area contributed by atoms with Crippen LogP contribution in [0.3, 0.4) is 0 Å². The summed E-state index contributed by atoms with van der Waals surface area (Å²) < 4.78 is 5.32. The highest BCUT2D eigenvalue weighted by Gasteiger charge is 2.56. The van der Waals surface area contributed by atoms with Gasteiger partial charge in [0.1, 0.15) is 5.54 Å². The summed E-state index contributed by atoms with van der Waals surface area (Å²) in [6, 6.07) is 0. The first-order chi connectivity index (χ1) is 8.58. The number of ether oxygens (including phenoxy) is 1. The lowest BCUT2D eigenvalue weighted by molar-refractivity contribution is -0.153. The van der Waals surface area contributed by atoms with Gasteiger partial charge in [-0.3, -0.25) is 4.79 Å². The van der Waals surface area contributed by atoms with Crippen LogP contribution in [0.4, 0.5) is 0 Å². The molecular weight excluding hydrogens is 228 g/mol. The molecule has 0 amide bonds. The molecule has 18 heavy (non-hydrogen) atoms. The van der Waals surface area contributed by atoms with Crippen LogP contribution < -0.4 is 5.32 Å². The summed E-state index contributed by atoms with van der Waals surface area (Å²) in [5, 5.41) is 3.53. The van der Waals surface area contributed by atoms with Crippen LogP contribution in [0.2, 0.25) is 0 Å². The van der Waals surface area contributed by atoms with Gasteiger partial charge in [-0.05, 0) is 52.1 Å². The molecule has 2 aliphatic carbocycles. The number of carbonyl (C=O) groups excluding carboxylic acids is 1. The summed E-state index contributed by atoms with van der Waals surface area (Å²) >= 11 is 0. The molecule has 0 aromatic heterocycles. The van der Waals surface area contributed by atoms with Gasteiger partial charge >= 0.3 is 5.97 Å². The van der Waals surface area contributed by atoms with E-state index in [0.717, 1.165) is 25.4 Å². The molecule has 4 nitrogen and oxygen atoms in total. The Hall–Kier alpha value is -0.610. The Morgan fingerprint density at radius 3 is 2.72 bits per heavy atom. The van der Waals surface area contributed by atoms with Crippen LogP contribution in [0.15, 0.2) is 0 Å². The molecule has 3 unspecified atom stereocenters.